The van der Waals surface area contributed by atoms with Crippen LogP contribution in [-0.2, 0) is 9.53 Å². The van der Waals surface area contributed by atoms with Crippen LogP contribution >= 0.6 is 11.3 Å². The smallest absolute Gasteiger partial charge is 0.210 e. The van der Waals surface area contributed by atoms with E-state index in [0.29, 0.717) is 5.57 Å². The van der Waals surface area contributed by atoms with Crippen LogP contribution in [0.2, 0.25) is 0 Å². The standard InChI is InChI=1S/C14H12O2S/c1-14(2)13(15)10(8-16-14)12-7-9-5-3-4-6-11(9)17-12/h3-8H,1-2H3. The lowest BCUT2D eigenvalue weighted by Gasteiger charge is -2.14. The zero-order valence-corrected chi connectivity index (χ0v) is 10.5. The minimum atomic E-state index is -0.717. The molecule has 3 rings (SSSR count). The van der Waals surface area contributed by atoms with Gasteiger partial charge in [0, 0.05) is 9.58 Å². The molecule has 1 aromatic carbocycles. The van der Waals surface area contributed by atoms with Gasteiger partial charge < -0.3 is 4.74 Å². The fraction of sp³-hybridized carbons (Fsp3) is 0.214. The van der Waals surface area contributed by atoms with Crippen molar-refractivity contribution in [2.75, 3.05) is 0 Å². The van der Waals surface area contributed by atoms with Crippen LogP contribution in [0.5, 0.6) is 0 Å². The fourth-order valence-electron chi connectivity index (χ4n) is 1.92. The molecule has 0 bridgehead atoms. The van der Waals surface area contributed by atoms with Crippen LogP contribution in [0.15, 0.2) is 36.6 Å². The third kappa shape index (κ3) is 1.58. The van der Waals surface area contributed by atoms with E-state index in [0.717, 1.165) is 4.88 Å². The number of ketones is 1. The number of thiophene rings is 1. The van der Waals surface area contributed by atoms with Crippen molar-refractivity contribution in [3.63, 3.8) is 0 Å². The van der Waals surface area contributed by atoms with Gasteiger partial charge in [-0.2, -0.15) is 0 Å². The van der Waals surface area contributed by atoms with E-state index in [4.69, 9.17) is 4.74 Å². The summed E-state index contributed by atoms with van der Waals surface area (Å²) in [6.07, 6.45) is 1.59. The van der Waals surface area contributed by atoms with Gasteiger partial charge in [-0.25, -0.2) is 0 Å². The van der Waals surface area contributed by atoms with Gasteiger partial charge in [0.15, 0.2) is 5.60 Å². The minimum Gasteiger partial charge on any atom is -0.486 e. The topological polar surface area (TPSA) is 26.3 Å². The van der Waals surface area contributed by atoms with Gasteiger partial charge in [0.25, 0.3) is 0 Å². The summed E-state index contributed by atoms with van der Waals surface area (Å²) < 4.78 is 6.61. The molecule has 0 fully saturated rings. The van der Waals surface area contributed by atoms with Crippen LogP contribution in [0.25, 0.3) is 15.7 Å². The number of rotatable bonds is 1. The van der Waals surface area contributed by atoms with E-state index in [-0.39, 0.29) is 5.78 Å². The number of hydrogen-bond acceptors (Lipinski definition) is 3. The van der Waals surface area contributed by atoms with E-state index in [9.17, 15) is 4.79 Å². The number of carbonyl (C=O) groups excluding carboxylic acids is 1. The molecule has 1 aromatic heterocycles. The first-order valence-corrected chi connectivity index (χ1v) is 6.31. The second kappa shape index (κ2) is 3.44. The molecule has 2 aromatic rings. The number of fused-ring (bicyclic) bond motifs is 1. The molecule has 2 nitrogen and oxygen atoms in total. The SMILES string of the molecule is CC1(C)OC=C(c2cc3ccccc3s2)C1=O. The summed E-state index contributed by atoms with van der Waals surface area (Å²) in [5.41, 5.74) is -0.0258. The van der Waals surface area contributed by atoms with Gasteiger partial charge in [0.2, 0.25) is 5.78 Å². The average molecular weight is 244 g/mol. The van der Waals surface area contributed by atoms with Gasteiger partial charge in [-0.3, -0.25) is 4.79 Å². The summed E-state index contributed by atoms with van der Waals surface area (Å²) in [7, 11) is 0. The largest absolute Gasteiger partial charge is 0.486 e. The monoisotopic (exact) mass is 244 g/mol. The number of Topliss-reactive ketones (excluding diaryl/α,β-unsaturated/α-hetero) is 1. The Balaban J connectivity index is 2.09. The van der Waals surface area contributed by atoms with E-state index in [2.05, 4.69) is 18.2 Å². The molecule has 86 valence electrons. The molecule has 0 saturated heterocycles. The van der Waals surface area contributed by atoms with Crippen molar-refractivity contribution < 1.29 is 9.53 Å². The summed E-state index contributed by atoms with van der Waals surface area (Å²) in [6.45, 7) is 3.60. The zero-order chi connectivity index (χ0) is 12.0. The quantitative estimate of drug-likeness (QED) is 0.765. The second-order valence-corrected chi connectivity index (χ2v) is 5.72. The highest BCUT2D eigenvalue weighted by Crippen LogP contribution is 2.36. The van der Waals surface area contributed by atoms with Gasteiger partial charge in [-0.1, -0.05) is 18.2 Å². The average Bonchev–Trinajstić information content (AvgIpc) is 2.81. The Morgan fingerprint density at radius 2 is 2.00 bits per heavy atom. The van der Waals surface area contributed by atoms with E-state index < -0.39 is 5.60 Å². The molecule has 1 aliphatic heterocycles. The Morgan fingerprint density at radius 1 is 1.24 bits per heavy atom. The van der Waals surface area contributed by atoms with Crippen molar-refractivity contribution in [1.29, 1.82) is 0 Å². The van der Waals surface area contributed by atoms with Crippen molar-refractivity contribution in [2.45, 2.75) is 19.4 Å². The van der Waals surface area contributed by atoms with Crippen molar-refractivity contribution in [3.05, 3.63) is 41.5 Å². The summed E-state index contributed by atoms with van der Waals surface area (Å²) in [5, 5.41) is 1.17. The van der Waals surface area contributed by atoms with Gasteiger partial charge >= 0.3 is 0 Å². The van der Waals surface area contributed by atoms with Crippen LogP contribution in [0.4, 0.5) is 0 Å². The maximum Gasteiger partial charge on any atom is 0.210 e. The first kappa shape index (κ1) is 10.5. The molecular weight excluding hydrogens is 232 g/mol. The Morgan fingerprint density at radius 3 is 2.65 bits per heavy atom. The van der Waals surface area contributed by atoms with Crippen molar-refractivity contribution >= 4 is 32.8 Å². The van der Waals surface area contributed by atoms with Gasteiger partial charge in [0.1, 0.15) is 0 Å². The van der Waals surface area contributed by atoms with Crippen LogP contribution in [-0.4, -0.2) is 11.4 Å². The maximum atomic E-state index is 12.1. The van der Waals surface area contributed by atoms with Gasteiger partial charge in [-0.05, 0) is 31.4 Å². The van der Waals surface area contributed by atoms with Crippen LogP contribution < -0.4 is 0 Å². The van der Waals surface area contributed by atoms with E-state index in [1.165, 1.54) is 10.1 Å². The molecule has 0 spiro atoms. The Kier molecular flexibility index (Phi) is 2.13. The van der Waals surface area contributed by atoms with Crippen molar-refractivity contribution in [2.24, 2.45) is 0 Å². The van der Waals surface area contributed by atoms with E-state index in [1.54, 1.807) is 31.4 Å². The van der Waals surface area contributed by atoms with Gasteiger partial charge in [-0.15, -0.1) is 11.3 Å². The Labute approximate surface area is 104 Å². The Bertz CT molecular complexity index is 601. The molecule has 0 N–H and O–H groups in total. The molecule has 0 saturated carbocycles. The maximum absolute atomic E-state index is 12.1. The highest BCUT2D eigenvalue weighted by Gasteiger charge is 2.38. The second-order valence-electron chi connectivity index (χ2n) is 4.64. The zero-order valence-electron chi connectivity index (χ0n) is 9.69. The van der Waals surface area contributed by atoms with E-state index in [1.807, 2.05) is 12.1 Å². The number of benzene rings is 1. The number of hydrogen-bond donors (Lipinski definition) is 0. The third-order valence-electron chi connectivity index (χ3n) is 2.95. The third-order valence-corrected chi connectivity index (χ3v) is 4.10. The molecule has 1 aliphatic rings. The molecule has 0 amide bonds. The molecule has 0 aliphatic carbocycles. The highest BCUT2D eigenvalue weighted by atomic mass is 32.1. The first-order chi connectivity index (χ1) is 8.08. The first-order valence-electron chi connectivity index (χ1n) is 5.50. The summed E-state index contributed by atoms with van der Waals surface area (Å²) in [6, 6.07) is 10.2. The molecular formula is C14H12O2S. The number of ether oxygens (including phenoxy) is 1. The fourth-order valence-corrected chi connectivity index (χ4v) is 2.99. The number of carbonyl (C=O) groups is 1. The normalized spacial score (nSPS) is 18.2. The van der Waals surface area contributed by atoms with Crippen LogP contribution in [0, 0.1) is 0 Å². The van der Waals surface area contributed by atoms with Crippen LogP contribution in [0.1, 0.15) is 18.7 Å². The molecule has 17 heavy (non-hydrogen) atoms. The lowest BCUT2D eigenvalue weighted by atomic mass is 9.99. The summed E-state index contributed by atoms with van der Waals surface area (Å²) in [5.74, 6) is 0.0593. The lowest BCUT2D eigenvalue weighted by molar-refractivity contribution is -0.125. The minimum absolute atomic E-state index is 0.0593. The Hall–Kier alpha value is -1.61. The molecule has 0 radical (unpaired) electrons. The molecule has 0 unspecified atom stereocenters. The highest BCUT2D eigenvalue weighted by molar-refractivity contribution is 7.20. The lowest BCUT2D eigenvalue weighted by Crippen LogP contribution is -2.28. The van der Waals surface area contributed by atoms with Crippen molar-refractivity contribution in [3.8, 4) is 0 Å². The predicted octanol–water partition coefficient (Wildman–Crippen LogP) is 3.62. The molecule has 3 heteroatoms. The summed E-state index contributed by atoms with van der Waals surface area (Å²) in [4.78, 5) is 13.1. The van der Waals surface area contributed by atoms with Crippen LogP contribution in [0.3, 0.4) is 0 Å². The van der Waals surface area contributed by atoms with Crippen molar-refractivity contribution in [1.82, 2.24) is 0 Å². The van der Waals surface area contributed by atoms with Gasteiger partial charge in [0.05, 0.1) is 11.8 Å². The summed E-state index contributed by atoms with van der Waals surface area (Å²) >= 11 is 1.63. The molecule has 2 heterocycles. The van der Waals surface area contributed by atoms with E-state index >= 15 is 0 Å². The predicted molar refractivity (Wildman–Crippen MR) is 70.0 cm³/mol. The molecule has 0 atom stereocenters.